The molecule has 0 radical (unpaired) electrons. The van der Waals surface area contributed by atoms with Gasteiger partial charge in [0.1, 0.15) is 17.0 Å². The van der Waals surface area contributed by atoms with Crippen molar-refractivity contribution in [1.29, 1.82) is 0 Å². The third kappa shape index (κ3) is 7.54. The molecule has 0 unspecified atom stereocenters. The zero-order valence-electron chi connectivity index (χ0n) is 20.0. The number of carbonyl (C=O) groups is 2. The van der Waals surface area contributed by atoms with Crippen LogP contribution in [0.4, 0.5) is 18.9 Å². The van der Waals surface area contributed by atoms with Crippen LogP contribution in [0, 0.1) is 34.5 Å². The quantitative estimate of drug-likeness (QED) is 0.0421. The molecule has 0 saturated heterocycles. The third-order valence-electron chi connectivity index (χ3n) is 5.08. The van der Waals surface area contributed by atoms with Gasteiger partial charge >= 0.3 is 11.7 Å². The molecular formula is C23H32F3N3O5. The molecule has 1 aromatic rings. The van der Waals surface area contributed by atoms with E-state index < -0.39 is 56.5 Å². The van der Waals surface area contributed by atoms with Crippen LogP contribution in [0.2, 0.25) is 0 Å². The monoisotopic (exact) mass is 487 g/mol. The molecule has 1 aromatic carbocycles. The Morgan fingerprint density at radius 3 is 2.06 bits per heavy atom. The van der Waals surface area contributed by atoms with E-state index in [9.17, 15) is 32.9 Å². The molecule has 11 heteroatoms. The van der Waals surface area contributed by atoms with Gasteiger partial charge in [-0.2, -0.15) is 4.39 Å². The van der Waals surface area contributed by atoms with E-state index in [0.29, 0.717) is 25.9 Å². The number of unbranched alkanes of at least 4 members (excludes halogenated alkanes) is 3. The number of hydrogen-bond donors (Lipinski definition) is 1. The van der Waals surface area contributed by atoms with Gasteiger partial charge in [0.2, 0.25) is 11.6 Å². The summed E-state index contributed by atoms with van der Waals surface area (Å²) in [4.78, 5) is 35.8. The largest absolute Gasteiger partial charge is 0.462 e. The highest BCUT2D eigenvalue weighted by atomic mass is 19.2. The molecule has 190 valence electrons. The van der Waals surface area contributed by atoms with Gasteiger partial charge in [-0.3, -0.25) is 14.9 Å². The second kappa shape index (κ2) is 14.3. The van der Waals surface area contributed by atoms with Gasteiger partial charge in [-0.25, -0.2) is 18.6 Å². The minimum Gasteiger partial charge on any atom is -0.462 e. The summed E-state index contributed by atoms with van der Waals surface area (Å²) in [5.74, 6) is -8.01. The molecule has 0 spiro atoms. The fourth-order valence-electron chi connectivity index (χ4n) is 2.98. The van der Waals surface area contributed by atoms with Crippen molar-refractivity contribution in [2.75, 3.05) is 19.7 Å². The topological polar surface area (TPSA) is 102 Å². The van der Waals surface area contributed by atoms with E-state index in [1.807, 2.05) is 20.8 Å². The zero-order valence-corrected chi connectivity index (χ0v) is 20.0. The highest BCUT2D eigenvalue weighted by Gasteiger charge is 2.37. The lowest BCUT2D eigenvalue weighted by Gasteiger charge is -2.22. The summed E-state index contributed by atoms with van der Waals surface area (Å²) in [5.41, 5.74) is -1.88. The molecule has 0 heterocycles. The van der Waals surface area contributed by atoms with Crippen LogP contribution in [-0.4, -0.2) is 41.4 Å². The molecular weight excluding hydrogens is 455 g/mol. The summed E-state index contributed by atoms with van der Waals surface area (Å²) >= 11 is 0. The number of nitro groups is 1. The average Bonchev–Trinajstić information content (AvgIpc) is 2.80. The molecule has 0 aliphatic rings. The van der Waals surface area contributed by atoms with E-state index in [-0.39, 0.29) is 6.61 Å². The number of nitrogens with one attached hydrogen (secondary N) is 1. The number of ketones is 1. The molecule has 0 bridgehead atoms. The maximum absolute atomic E-state index is 14.8. The molecule has 0 aliphatic heterocycles. The van der Waals surface area contributed by atoms with Crippen LogP contribution in [0.25, 0.3) is 0 Å². The fraction of sp³-hybridized carbons (Fsp3) is 0.565. The van der Waals surface area contributed by atoms with Crippen molar-refractivity contribution in [3.05, 3.63) is 50.5 Å². The van der Waals surface area contributed by atoms with E-state index in [1.54, 1.807) is 5.01 Å². The number of hydrogen-bond acceptors (Lipinski definition) is 7. The first kappa shape index (κ1) is 29.1. The van der Waals surface area contributed by atoms with E-state index in [2.05, 4.69) is 5.43 Å². The number of Topliss-reactive ketones (excluding diaryl/α,β-unsaturated/α-hetero) is 1. The maximum Gasteiger partial charge on any atom is 0.343 e. The molecule has 34 heavy (non-hydrogen) atoms. The molecule has 0 aromatic heterocycles. The Bertz CT molecular complexity index is 914. The van der Waals surface area contributed by atoms with Gasteiger partial charge in [0.05, 0.1) is 11.5 Å². The summed E-state index contributed by atoms with van der Waals surface area (Å²) in [5, 5.41) is 13.1. The number of nitrogens with zero attached hydrogens (tertiary/aromatic N) is 2. The van der Waals surface area contributed by atoms with Gasteiger partial charge in [-0.05, 0) is 26.2 Å². The molecule has 0 saturated carbocycles. The van der Waals surface area contributed by atoms with Crippen molar-refractivity contribution in [3.63, 3.8) is 0 Å². The van der Waals surface area contributed by atoms with Crippen molar-refractivity contribution in [2.45, 2.75) is 66.2 Å². The predicted molar refractivity (Wildman–Crippen MR) is 121 cm³/mol. The van der Waals surface area contributed by atoms with Crippen LogP contribution in [-0.2, 0) is 9.53 Å². The van der Waals surface area contributed by atoms with Crippen molar-refractivity contribution < 1.29 is 32.4 Å². The van der Waals surface area contributed by atoms with Gasteiger partial charge in [-0.1, -0.05) is 40.0 Å². The van der Waals surface area contributed by atoms with Crippen molar-refractivity contribution >= 4 is 17.4 Å². The first-order valence-electron chi connectivity index (χ1n) is 11.4. The van der Waals surface area contributed by atoms with Crippen LogP contribution in [0.15, 0.2) is 11.8 Å². The number of esters is 1. The molecule has 0 amide bonds. The number of hydrazine groups is 1. The van der Waals surface area contributed by atoms with Crippen LogP contribution < -0.4 is 5.43 Å². The minimum absolute atomic E-state index is 0.0449. The smallest absolute Gasteiger partial charge is 0.343 e. The Balaban J connectivity index is 3.53. The van der Waals surface area contributed by atoms with E-state index in [1.165, 1.54) is 0 Å². The number of ether oxygens (including phenoxy) is 1. The maximum atomic E-state index is 14.8. The Kier molecular flexibility index (Phi) is 12.3. The van der Waals surface area contributed by atoms with E-state index in [4.69, 9.17) is 4.74 Å². The third-order valence-corrected chi connectivity index (χ3v) is 5.08. The number of nitro benzene ring substituents is 1. The van der Waals surface area contributed by atoms with E-state index in [0.717, 1.165) is 38.8 Å². The van der Waals surface area contributed by atoms with Gasteiger partial charge in [-0.15, -0.1) is 0 Å². The standard InChI is InChI=1S/C23H32F3N3O5/c1-5-8-11-28(12-9-6-2)27-14-16(23(31)34-13-10-7-3)22(30)17-18(24)15(4)19(25)20(26)21(17)29(32)33/h14,27H,5-13H2,1-4H3. The van der Waals surface area contributed by atoms with Crippen molar-refractivity contribution in [3.8, 4) is 0 Å². The van der Waals surface area contributed by atoms with Crippen LogP contribution in [0.1, 0.15) is 75.2 Å². The number of rotatable bonds is 15. The molecule has 0 aliphatic carbocycles. The lowest BCUT2D eigenvalue weighted by Crippen LogP contribution is -2.37. The summed E-state index contributed by atoms with van der Waals surface area (Å²) in [6.45, 7) is 7.75. The number of benzene rings is 1. The Labute approximate surface area is 197 Å². The van der Waals surface area contributed by atoms with Crippen molar-refractivity contribution in [1.82, 2.24) is 10.4 Å². The Morgan fingerprint density at radius 2 is 1.56 bits per heavy atom. The molecule has 1 rings (SSSR count). The van der Waals surface area contributed by atoms with Gasteiger partial charge in [0.15, 0.2) is 5.82 Å². The first-order chi connectivity index (χ1) is 16.1. The molecule has 0 atom stereocenters. The van der Waals surface area contributed by atoms with Crippen LogP contribution >= 0.6 is 0 Å². The highest BCUT2D eigenvalue weighted by molar-refractivity contribution is 6.25. The lowest BCUT2D eigenvalue weighted by atomic mass is 9.98. The second-order valence-electron chi connectivity index (χ2n) is 7.75. The Hall–Kier alpha value is -2.95. The molecule has 1 N–H and O–H groups in total. The number of halogens is 3. The SMILES string of the molecule is CCCCOC(=O)C(=CNN(CCCC)CCCC)C(=O)c1c(F)c(C)c(F)c(F)c1[N+](=O)[O-]. The zero-order chi connectivity index (χ0) is 25.8. The van der Waals surface area contributed by atoms with Crippen LogP contribution in [0.5, 0.6) is 0 Å². The van der Waals surface area contributed by atoms with Crippen LogP contribution in [0.3, 0.4) is 0 Å². The fourth-order valence-corrected chi connectivity index (χ4v) is 2.98. The number of carbonyl (C=O) groups excluding carboxylic acids is 2. The Morgan fingerprint density at radius 1 is 1.00 bits per heavy atom. The van der Waals surface area contributed by atoms with E-state index >= 15 is 0 Å². The highest BCUT2D eigenvalue weighted by Crippen LogP contribution is 2.32. The summed E-state index contributed by atoms with van der Waals surface area (Å²) < 4.78 is 48.2. The predicted octanol–water partition coefficient (Wildman–Crippen LogP) is 5.14. The second-order valence-corrected chi connectivity index (χ2v) is 7.75. The van der Waals surface area contributed by atoms with Gasteiger partial charge in [0, 0.05) is 24.9 Å². The lowest BCUT2D eigenvalue weighted by molar-refractivity contribution is -0.388. The molecule has 8 nitrogen and oxygen atoms in total. The van der Waals surface area contributed by atoms with Crippen molar-refractivity contribution in [2.24, 2.45) is 0 Å². The summed E-state index contributed by atoms with van der Waals surface area (Å²) in [7, 11) is 0. The van der Waals surface area contributed by atoms with Gasteiger partial charge < -0.3 is 10.2 Å². The molecule has 0 fully saturated rings. The summed E-state index contributed by atoms with van der Waals surface area (Å²) in [6.07, 6.45) is 5.51. The van der Waals surface area contributed by atoms with Gasteiger partial charge in [0.25, 0.3) is 0 Å². The normalized spacial score (nSPS) is 11.6. The minimum atomic E-state index is -1.98. The first-order valence-corrected chi connectivity index (χ1v) is 11.4. The average molecular weight is 488 g/mol. The summed E-state index contributed by atoms with van der Waals surface area (Å²) in [6, 6.07) is 0.